The lowest BCUT2D eigenvalue weighted by Gasteiger charge is -2.29. The topological polar surface area (TPSA) is 58.6 Å². The average molecular weight is 518 g/mol. The molecule has 5 nitrogen and oxygen atoms in total. The highest BCUT2D eigenvalue weighted by atomic mass is 79.9. The number of nitrogens with zero attached hydrogens (tertiary/aromatic N) is 1. The minimum absolute atomic E-state index is 0.0140. The summed E-state index contributed by atoms with van der Waals surface area (Å²) in [6.45, 7) is 14.4. The van der Waals surface area contributed by atoms with Crippen LogP contribution in [0.5, 0.6) is 5.75 Å². The Kier molecular flexibility index (Phi) is 9.53. The Balaban J connectivity index is 2.18. The lowest BCUT2D eigenvalue weighted by molar-refractivity contribution is -0.142. The number of benzene rings is 2. The third kappa shape index (κ3) is 7.88. The molecule has 2 amide bonds. The number of aryl methyl sites for hydroxylation is 1. The van der Waals surface area contributed by atoms with E-state index in [0.29, 0.717) is 12.3 Å². The maximum absolute atomic E-state index is 13.2. The average Bonchev–Trinajstić information content (AvgIpc) is 2.76. The zero-order valence-electron chi connectivity index (χ0n) is 20.9. The molecule has 0 aliphatic carbocycles. The summed E-state index contributed by atoms with van der Waals surface area (Å²) in [6, 6.07) is 13.3. The van der Waals surface area contributed by atoms with Gasteiger partial charge in [-0.25, -0.2) is 0 Å². The van der Waals surface area contributed by atoms with Crippen LogP contribution in [0.1, 0.15) is 64.7 Å². The van der Waals surface area contributed by atoms with E-state index in [0.717, 1.165) is 22.0 Å². The third-order valence-corrected chi connectivity index (χ3v) is 6.41. The van der Waals surface area contributed by atoms with Gasteiger partial charge >= 0.3 is 0 Å². The molecule has 2 aromatic rings. The van der Waals surface area contributed by atoms with Crippen molar-refractivity contribution in [2.45, 2.75) is 78.9 Å². The van der Waals surface area contributed by atoms with E-state index in [-0.39, 0.29) is 29.9 Å². The number of hydrogen-bond acceptors (Lipinski definition) is 3. The van der Waals surface area contributed by atoms with Crippen molar-refractivity contribution in [3.05, 3.63) is 63.6 Å². The van der Waals surface area contributed by atoms with Crippen LogP contribution in [0.2, 0.25) is 0 Å². The highest BCUT2D eigenvalue weighted by molar-refractivity contribution is 9.10. The van der Waals surface area contributed by atoms with Gasteiger partial charge in [0.25, 0.3) is 5.91 Å². The first-order valence-electron chi connectivity index (χ1n) is 11.5. The van der Waals surface area contributed by atoms with Crippen LogP contribution in [0.3, 0.4) is 0 Å². The molecular weight excluding hydrogens is 480 g/mol. The molecule has 0 fully saturated rings. The van der Waals surface area contributed by atoms with Gasteiger partial charge in [0.1, 0.15) is 11.8 Å². The molecule has 2 aromatic carbocycles. The van der Waals surface area contributed by atoms with Crippen LogP contribution in [-0.4, -0.2) is 35.4 Å². The Labute approximate surface area is 207 Å². The molecule has 0 aromatic heterocycles. The summed E-state index contributed by atoms with van der Waals surface area (Å²) in [5.41, 5.74) is 3.29. The van der Waals surface area contributed by atoms with E-state index in [2.05, 4.69) is 42.0 Å². The molecule has 2 atom stereocenters. The molecule has 33 heavy (non-hydrogen) atoms. The Hall–Kier alpha value is -2.34. The van der Waals surface area contributed by atoms with Crippen LogP contribution in [-0.2, 0) is 21.5 Å². The smallest absolute Gasteiger partial charge is 0.261 e. The fraction of sp³-hybridized carbons (Fsp3) is 0.481. The van der Waals surface area contributed by atoms with Gasteiger partial charge in [0.15, 0.2) is 6.61 Å². The summed E-state index contributed by atoms with van der Waals surface area (Å²) in [4.78, 5) is 27.6. The Morgan fingerprint density at radius 2 is 1.73 bits per heavy atom. The molecule has 0 aliphatic heterocycles. The predicted molar refractivity (Wildman–Crippen MR) is 137 cm³/mol. The second kappa shape index (κ2) is 11.7. The fourth-order valence-electron chi connectivity index (χ4n) is 3.25. The quantitative estimate of drug-likeness (QED) is 0.460. The van der Waals surface area contributed by atoms with Crippen LogP contribution in [0.25, 0.3) is 0 Å². The largest absolute Gasteiger partial charge is 0.483 e. The number of nitrogens with one attached hydrogen (secondary N) is 1. The van der Waals surface area contributed by atoms with Gasteiger partial charge in [-0.3, -0.25) is 9.59 Å². The molecule has 0 saturated heterocycles. The first-order chi connectivity index (χ1) is 15.4. The first-order valence-corrected chi connectivity index (χ1v) is 12.3. The van der Waals surface area contributed by atoms with E-state index in [1.54, 1.807) is 11.8 Å². The normalized spacial score (nSPS) is 13.2. The van der Waals surface area contributed by atoms with E-state index >= 15 is 0 Å². The van der Waals surface area contributed by atoms with Gasteiger partial charge in [0, 0.05) is 12.6 Å². The van der Waals surface area contributed by atoms with Gasteiger partial charge in [-0.1, -0.05) is 63.6 Å². The number of hydrogen-bond donors (Lipinski definition) is 1. The van der Waals surface area contributed by atoms with Crippen LogP contribution in [0.4, 0.5) is 0 Å². The zero-order chi connectivity index (χ0) is 24.8. The summed E-state index contributed by atoms with van der Waals surface area (Å²) in [5, 5.41) is 2.98. The van der Waals surface area contributed by atoms with Crippen LogP contribution >= 0.6 is 15.9 Å². The molecule has 0 radical (unpaired) electrons. The molecule has 0 heterocycles. The van der Waals surface area contributed by atoms with Crippen molar-refractivity contribution in [3.8, 4) is 5.75 Å². The lowest BCUT2D eigenvalue weighted by Crippen LogP contribution is -2.50. The molecule has 1 N–H and O–H groups in total. The molecule has 2 unspecified atom stereocenters. The summed E-state index contributed by atoms with van der Waals surface area (Å²) < 4.78 is 6.67. The molecule has 180 valence electrons. The summed E-state index contributed by atoms with van der Waals surface area (Å²) >= 11 is 3.56. The summed E-state index contributed by atoms with van der Waals surface area (Å²) in [7, 11) is 0. The monoisotopic (exact) mass is 516 g/mol. The van der Waals surface area contributed by atoms with E-state index in [9.17, 15) is 9.59 Å². The zero-order valence-corrected chi connectivity index (χ0v) is 22.5. The molecule has 0 saturated carbocycles. The predicted octanol–water partition coefficient (Wildman–Crippen LogP) is 5.77. The van der Waals surface area contributed by atoms with Gasteiger partial charge < -0.3 is 15.0 Å². The Morgan fingerprint density at radius 3 is 2.27 bits per heavy atom. The molecule has 2 rings (SSSR count). The maximum Gasteiger partial charge on any atom is 0.261 e. The van der Waals surface area contributed by atoms with Gasteiger partial charge in [-0.05, 0) is 71.8 Å². The van der Waals surface area contributed by atoms with Crippen molar-refractivity contribution >= 4 is 27.7 Å². The molecule has 6 heteroatoms. The second-order valence-corrected chi connectivity index (χ2v) is 10.5. The van der Waals surface area contributed by atoms with Crippen LogP contribution < -0.4 is 10.1 Å². The summed E-state index contributed by atoms with van der Waals surface area (Å²) in [6.07, 6.45) is 0.825. The molecule has 0 spiro atoms. The number of halogens is 1. The van der Waals surface area contributed by atoms with E-state index in [4.69, 9.17) is 4.74 Å². The van der Waals surface area contributed by atoms with E-state index in [1.165, 1.54) is 5.56 Å². The first kappa shape index (κ1) is 26.9. The van der Waals surface area contributed by atoms with Crippen molar-refractivity contribution in [2.75, 3.05) is 6.61 Å². The Morgan fingerprint density at radius 1 is 1.09 bits per heavy atom. The van der Waals surface area contributed by atoms with Gasteiger partial charge in [0.2, 0.25) is 5.91 Å². The van der Waals surface area contributed by atoms with Crippen molar-refractivity contribution in [2.24, 2.45) is 0 Å². The highest BCUT2D eigenvalue weighted by Gasteiger charge is 2.27. The van der Waals surface area contributed by atoms with Crippen molar-refractivity contribution < 1.29 is 14.3 Å². The Bertz CT molecular complexity index is 951. The number of ether oxygens (including phenoxy) is 1. The van der Waals surface area contributed by atoms with E-state index in [1.807, 2.05) is 63.2 Å². The molecular formula is C27H37BrN2O3. The molecule has 0 bridgehead atoms. The maximum atomic E-state index is 13.2. The third-order valence-electron chi connectivity index (χ3n) is 5.79. The van der Waals surface area contributed by atoms with Crippen molar-refractivity contribution in [1.82, 2.24) is 10.2 Å². The highest BCUT2D eigenvalue weighted by Crippen LogP contribution is 2.31. The SMILES string of the molecule is CCC(C)NC(=O)C(C)N(Cc1ccc(C)cc1)C(=O)COc1ccc(C(C)(C)C)cc1Br. The lowest BCUT2D eigenvalue weighted by atomic mass is 9.87. The van der Waals surface area contributed by atoms with Gasteiger partial charge in [-0.2, -0.15) is 0 Å². The van der Waals surface area contributed by atoms with E-state index < -0.39 is 6.04 Å². The second-order valence-electron chi connectivity index (χ2n) is 9.68. The fourth-order valence-corrected chi connectivity index (χ4v) is 3.74. The van der Waals surface area contributed by atoms with Gasteiger partial charge in [-0.15, -0.1) is 0 Å². The number of carbonyl (C=O) groups is 2. The van der Waals surface area contributed by atoms with Crippen LogP contribution in [0.15, 0.2) is 46.9 Å². The number of amides is 2. The number of carbonyl (C=O) groups excluding carboxylic acids is 2. The van der Waals surface area contributed by atoms with Gasteiger partial charge in [0.05, 0.1) is 4.47 Å². The molecule has 0 aliphatic rings. The number of rotatable bonds is 9. The van der Waals surface area contributed by atoms with Crippen LogP contribution in [0, 0.1) is 6.92 Å². The minimum atomic E-state index is -0.622. The minimum Gasteiger partial charge on any atom is -0.483 e. The standard InChI is InChI=1S/C27H37BrN2O3/c1-8-19(3)29-26(32)20(4)30(16-21-11-9-18(2)10-12-21)25(31)17-33-24-14-13-22(15-23(24)28)27(5,6)7/h9-15,19-20H,8,16-17H2,1-7H3,(H,29,32). The van der Waals surface area contributed by atoms with Crippen molar-refractivity contribution in [3.63, 3.8) is 0 Å². The summed E-state index contributed by atoms with van der Waals surface area (Å²) in [5.74, 6) is 0.193. The van der Waals surface area contributed by atoms with Crippen molar-refractivity contribution in [1.29, 1.82) is 0 Å².